The molecule has 0 radical (unpaired) electrons. The van der Waals surface area contributed by atoms with Gasteiger partial charge in [0.05, 0.1) is 11.5 Å². The van der Waals surface area contributed by atoms with E-state index in [9.17, 15) is 0 Å². The van der Waals surface area contributed by atoms with Crippen molar-refractivity contribution in [1.29, 1.82) is 0 Å². The molecule has 96 valence electrons. The van der Waals surface area contributed by atoms with Crippen LogP contribution in [0.1, 0.15) is 37.5 Å². The lowest BCUT2D eigenvalue weighted by molar-refractivity contribution is 0.285. The van der Waals surface area contributed by atoms with Crippen LogP contribution in [0.3, 0.4) is 0 Å². The molecular formula is C12H19ClN2OS. The van der Waals surface area contributed by atoms with Crippen LogP contribution in [0.2, 0.25) is 5.15 Å². The summed E-state index contributed by atoms with van der Waals surface area (Å²) in [7, 11) is 2.09. The molecule has 1 aromatic heterocycles. The first-order valence-electron chi connectivity index (χ1n) is 6.12. The second kappa shape index (κ2) is 5.55. The summed E-state index contributed by atoms with van der Waals surface area (Å²) in [5.74, 6) is 0.703. The second-order valence-electron chi connectivity index (χ2n) is 4.81. The zero-order valence-corrected chi connectivity index (χ0v) is 11.9. The fraction of sp³-hybridized carbons (Fsp3) is 0.750. The molecule has 2 unspecified atom stereocenters. The minimum absolute atomic E-state index is 0.0233. The minimum Gasteiger partial charge on any atom is -0.391 e. The van der Waals surface area contributed by atoms with E-state index in [1.165, 1.54) is 37.0 Å². The SMILES string of the molecule is CC1CCCCC1N(C)c1nc(Cl)c(CO)s1. The van der Waals surface area contributed by atoms with Crippen LogP contribution in [0.4, 0.5) is 5.13 Å². The van der Waals surface area contributed by atoms with E-state index in [0.29, 0.717) is 17.1 Å². The third-order valence-corrected chi connectivity index (χ3v) is 5.20. The van der Waals surface area contributed by atoms with Gasteiger partial charge in [-0.15, -0.1) is 0 Å². The first-order chi connectivity index (χ1) is 8.13. The van der Waals surface area contributed by atoms with Crippen LogP contribution in [0.15, 0.2) is 0 Å². The van der Waals surface area contributed by atoms with Gasteiger partial charge in [0.1, 0.15) is 5.15 Å². The molecule has 1 aromatic rings. The monoisotopic (exact) mass is 274 g/mol. The molecule has 0 spiro atoms. The van der Waals surface area contributed by atoms with E-state index < -0.39 is 0 Å². The fourth-order valence-electron chi connectivity index (χ4n) is 2.58. The Kier molecular flexibility index (Phi) is 4.28. The molecular weight excluding hydrogens is 256 g/mol. The van der Waals surface area contributed by atoms with Crippen molar-refractivity contribution >= 4 is 28.1 Å². The average molecular weight is 275 g/mol. The van der Waals surface area contributed by atoms with Gasteiger partial charge in [-0.25, -0.2) is 4.98 Å². The van der Waals surface area contributed by atoms with Crippen molar-refractivity contribution in [1.82, 2.24) is 4.98 Å². The molecule has 0 amide bonds. The molecule has 1 heterocycles. The predicted molar refractivity (Wildman–Crippen MR) is 72.9 cm³/mol. The Morgan fingerprint density at radius 3 is 2.76 bits per heavy atom. The summed E-state index contributed by atoms with van der Waals surface area (Å²) < 4.78 is 0. The Labute approximate surface area is 111 Å². The smallest absolute Gasteiger partial charge is 0.187 e. The number of nitrogens with zero attached hydrogens (tertiary/aromatic N) is 2. The van der Waals surface area contributed by atoms with E-state index in [0.717, 1.165) is 10.0 Å². The molecule has 1 fully saturated rings. The van der Waals surface area contributed by atoms with Gasteiger partial charge in [0, 0.05) is 13.1 Å². The van der Waals surface area contributed by atoms with Gasteiger partial charge in [-0.05, 0) is 18.8 Å². The topological polar surface area (TPSA) is 36.4 Å². The molecule has 1 N–H and O–H groups in total. The van der Waals surface area contributed by atoms with Crippen LogP contribution >= 0.6 is 22.9 Å². The average Bonchev–Trinajstić information content (AvgIpc) is 2.70. The molecule has 1 aliphatic carbocycles. The number of thiazole rings is 1. The molecule has 5 heteroatoms. The number of halogens is 1. The maximum atomic E-state index is 9.14. The summed E-state index contributed by atoms with van der Waals surface area (Å²) in [5.41, 5.74) is 0. The van der Waals surface area contributed by atoms with Crippen molar-refractivity contribution in [3.05, 3.63) is 10.0 Å². The lowest BCUT2D eigenvalue weighted by Crippen LogP contribution is -2.38. The number of hydrogen-bond acceptors (Lipinski definition) is 4. The van der Waals surface area contributed by atoms with Crippen LogP contribution in [0.25, 0.3) is 0 Å². The molecule has 2 atom stereocenters. The molecule has 0 aromatic carbocycles. The molecule has 3 nitrogen and oxygen atoms in total. The standard InChI is InChI=1S/C12H19ClN2OS/c1-8-5-3-4-6-9(8)15(2)12-14-11(13)10(7-16)17-12/h8-9,16H,3-7H2,1-2H3. The van der Waals surface area contributed by atoms with Gasteiger partial charge in [0.2, 0.25) is 0 Å². The predicted octanol–water partition coefficient (Wildman–Crippen LogP) is 3.30. The number of hydrogen-bond donors (Lipinski definition) is 1. The highest BCUT2D eigenvalue weighted by Gasteiger charge is 2.27. The van der Waals surface area contributed by atoms with E-state index in [1.54, 1.807) is 0 Å². The molecule has 1 aliphatic rings. The minimum atomic E-state index is -0.0233. The Bertz CT molecular complexity index is 383. The first-order valence-corrected chi connectivity index (χ1v) is 7.31. The summed E-state index contributed by atoms with van der Waals surface area (Å²) in [6, 6.07) is 0.553. The molecule has 0 bridgehead atoms. The van der Waals surface area contributed by atoms with Gasteiger partial charge >= 0.3 is 0 Å². The van der Waals surface area contributed by atoms with E-state index in [2.05, 4.69) is 23.9 Å². The third-order valence-electron chi connectivity index (χ3n) is 3.65. The Hall–Kier alpha value is -0.320. The number of aromatic nitrogens is 1. The quantitative estimate of drug-likeness (QED) is 0.919. The highest BCUT2D eigenvalue weighted by Crippen LogP contribution is 2.34. The summed E-state index contributed by atoms with van der Waals surface area (Å²) in [6.45, 7) is 2.28. The molecule has 2 rings (SSSR count). The first kappa shape index (κ1) is 13.1. The van der Waals surface area contributed by atoms with E-state index in [1.807, 2.05) is 0 Å². The highest BCUT2D eigenvalue weighted by atomic mass is 35.5. The summed E-state index contributed by atoms with van der Waals surface area (Å²) in [4.78, 5) is 7.34. The third kappa shape index (κ3) is 2.75. The van der Waals surface area contributed by atoms with E-state index in [-0.39, 0.29) is 6.61 Å². The maximum absolute atomic E-state index is 9.14. The van der Waals surface area contributed by atoms with Crippen molar-refractivity contribution in [2.75, 3.05) is 11.9 Å². The van der Waals surface area contributed by atoms with Crippen LogP contribution in [-0.4, -0.2) is 23.2 Å². The van der Waals surface area contributed by atoms with Crippen LogP contribution in [0.5, 0.6) is 0 Å². The zero-order valence-electron chi connectivity index (χ0n) is 10.3. The van der Waals surface area contributed by atoms with Crippen LogP contribution in [0, 0.1) is 5.92 Å². The van der Waals surface area contributed by atoms with Crippen LogP contribution < -0.4 is 4.90 Å². The molecule has 17 heavy (non-hydrogen) atoms. The van der Waals surface area contributed by atoms with Gasteiger partial charge in [-0.2, -0.15) is 0 Å². The summed E-state index contributed by atoms with van der Waals surface area (Å²) in [6.07, 6.45) is 5.15. The van der Waals surface area contributed by atoms with Gasteiger partial charge in [-0.1, -0.05) is 42.7 Å². The highest BCUT2D eigenvalue weighted by molar-refractivity contribution is 7.16. The number of anilines is 1. The lowest BCUT2D eigenvalue weighted by atomic mass is 9.85. The largest absolute Gasteiger partial charge is 0.391 e. The Morgan fingerprint density at radius 1 is 1.47 bits per heavy atom. The van der Waals surface area contributed by atoms with E-state index in [4.69, 9.17) is 16.7 Å². The van der Waals surface area contributed by atoms with E-state index >= 15 is 0 Å². The number of rotatable bonds is 3. The van der Waals surface area contributed by atoms with Crippen molar-refractivity contribution in [2.24, 2.45) is 5.92 Å². The number of aliphatic hydroxyl groups is 1. The molecule has 0 aliphatic heterocycles. The maximum Gasteiger partial charge on any atom is 0.187 e. The van der Waals surface area contributed by atoms with Crippen molar-refractivity contribution < 1.29 is 5.11 Å². The van der Waals surface area contributed by atoms with Crippen molar-refractivity contribution in [3.63, 3.8) is 0 Å². The zero-order chi connectivity index (χ0) is 12.4. The molecule has 1 saturated carbocycles. The lowest BCUT2D eigenvalue weighted by Gasteiger charge is -2.36. The summed E-state index contributed by atoms with van der Waals surface area (Å²) >= 11 is 7.47. The van der Waals surface area contributed by atoms with Gasteiger partial charge < -0.3 is 10.0 Å². The summed E-state index contributed by atoms with van der Waals surface area (Å²) in [5, 5.41) is 10.5. The second-order valence-corrected chi connectivity index (χ2v) is 6.23. The normalized spacial score (nSPS) is 24.9. The van der Waals surface area contributed by atoms with Crippen molar-refractivity contribution in [3.8, 4) is 0 Å². The van der Waals surface area contributed by atoms with Crippen LogP contribution in [-0.2, 0) is 6.61 Å². The Morgan fingerprint density at radius 2 is 2.18 bits per heavy atom. The molecule has 0 saturated heterocycles. The fourth-order valence-corrected chi connectivity index (χ4v) is 3.72. The Balaban J connectivity index is 2.14. The van der Waals surface area contributed by atoms with Gasteiger partial charge in [-0.3, -0.25) is 0 Å². The van der Waals surface area contributed by atoms with Gasteiger partial charge in [0.25, 0.3) is 0 Å². The van der Waals surface area contributed by atoms with Crippen molar-refractivity contribution in [2.45, 2.75) is 45.3 Å². The number of aliphatic hydroxyl groups excluding tert-OH is 1. The van der Waals surface area contributed by atoms with Gasteiger partial charge in [0.15, 0.2) is 5.13 Å².